The number of sulfone groups is 1. The normalized spacial score (nSPS) is 11.2. The van der Waals surface area contributed by atoms with E-state index < -0.39 is 33.2 Å². The molecule has 2 rings (SSSR count). The third-order valence-electron chi connectivity index (χ3n) is 2.68. The largest absolute Gasteiger partial charge is 0.480 e. The van der Waals surface area contributed by atoms with Crippen LogP contribution in [0, 0.1) is 0 Å². The molecule has 3 N–H and O–H groups in total. The topological polar surface area (TPSA) is 129 Å². The predicted octanol–water partition coefficient (Wildman–Crippen LogP) is 1.17. The summed E-state index contributed by atoms with van der Waals surface area (Å²) >= 11 is 5.79. The molecule has 23 heavy (non-hydrogen) atoms. The second-order valence-corrected chi connectivity index (χ2v) is 7.13. The molecule has 10 heteroatoms. The van der Waals surface area contributed by atoms with E-state index >= 15 is 0 Å². The maximum atomic E-state index is 11.6. The number of hydrogen-bond acceptors (Lipinski definition) is 5. The monoisotopic (exact) mass is 357 g/mol. The second-order valence-electron chi connectivity index (χ2n) is 4.63. The molecule has 1 aromatic carbocycles. The molecule has 0 fully saturated rings. The zero-order valence-electron chi connectivity index (χ0n) is 11.6. The minimum absolute atomic E-state index is 0.0606. The second kappa shape index (κ2) is 6.80. The lowest BCUT2D eigenvalue weighted by Gasteiger charge is -2.02. The Bertz CT molecular complexity index is 830. The van der Waals surface area contributed by atoms with E-state index in [0.717, 1.165) is 5.56 Å². The Morgan fingerprint density at radius 1 is 1.22 bits per heavy atom. The van der Waals surface area contributed by atoms with Crippen LogP contribution in [0.4, 0.5) is 5.95 Å². The number of H-pyrrole nitrogens is 1. The Hall–Kier alpha value is -2.39. The van der Waals surface area contributed by atoms with Crippen molar-refractivity contribution in [2.45, 2.75) is 0 Å². The summed E-state index contributed by atoms with van der Waals surface area (Å²) in [7, 11) is -4.02. The Morgan fingerprint density at radius 3 is 2.48 bits per heavy atom. The molecule has 1 aromatic heterocycles. The number of benzene rings is 1. The number of aromatic amines is 1. The number of nitrogens with zero attached hydrogens (tertiary/aromatic N) is 1. The highest BCUT2D eigenvalue weighted by Crippen LogP contribution is 2.20. The van der Waals surface area contributed by atoms with Gasteiger partial charge in [-0.1, -0.05) is 23.7 Å². The van der Waals surface area contributed by atoms with Crippen LogP contribution in [-0.4, -0.2) is 46.9 Å². The van der Waals surface area contributed by atoms with E-state index in [-0.39, 0.29) is 5.95 Å². The zero-order chi connectivity index (χ0) is 17.0. The Morgan fingerprint density at radius 2 is 1.87 bits per heavy atom. The highest BCUT2D eigenvalue weighted by Gasteiger charge is 2.21. The average Bonchev–Trinajstić information content (AvgIpc) is 2.85. The van der Waals surface area contributed by atoms with Crippen molar-refractivity contribution in [1.82, 2.24) is 9.97 Å². The first-order chi connectivity index (χ1) is 10.7. The van der Waals surface area contributed by atoms with Gasteiger partial charge in [-0.25, -0.2) is 13.4 Å². The van der Waals surface area contributed by atoms with Gasteiger partial charge in [0.05, 0.1) is 11.9 Å². The van der Waals surface area contributed by atoms with Crippen LogP contribution >= 0.6 is 11.6 Å². The van der Waals surface area contributed by atoms with Crippen molar-refractivity contribution >= 4 is 39.3 Å². The lowest BCUT2D eigenvalue weighted by Crippen LogP contribution is -2.27. The van der Waals surface area contributed by atoms with Crippen molar-refractivity contribution in [3.63, 3.8) is 0 Å². The molecule has 0 aliphatic heterocycles. The first kappa shape index (κ1) is 17.0. The van der Waals surface area contributed by atoms with E-state index in [1.165, 1.54) is 6.20 Å². The van der Waals surface area contributed by atoms with Gasteiger partial charge in [-0.2, -0.15) is 0 Å². The van der Waals surface area contributed by atoms with Crippen LogP contribution in [-0.2, 0) is 19.4 Å². The molecule has 122 valence electrons. The summed E-state index contributed by atoms with van der Waals surface area (Å²) in [5.41, 5.74) is 1.38. The van der Waals surface area contributed by atoms with Crippen molar-refractivity contribution in [2.24, 2.45) is 0 Å². The molecule has 0 unspecified atom stereocenters. The van der Waals surface area contributed by atoms with Crippen molar-refractivity contribution in [3.05, 3.63) is 35.5 Å². The van der Waals surface area contributed by atoms with Crippen LogP contribution < -0.4 is 5.32 Å². The fourth-order valence-corrected chi connectivity index (χ4v) is 2.84. The van der Waals surface area contributed by atoms with E-state index in [9.17, 15) is 18.0 Å². The van der Waals surface area contributed by atoms with Gasteiger partial charge in [-0.15, -0.1) is 0 Å². The number of aromatic nitrogens is 2. The van der Waals surface area contributed by atoms with Gasteiger partial charge < -0.3 is 10.1 Å². The summed E-state index contributed by atoms with van der Waals surface area (Å²) in [4.78, 5) is 28.8. The van der Waals surface area contributed by atoms with Crippen LogP contribution in [0.2, 0.25) is 5.02 Å². The van der Waals surface area contributed by atoms with Crippen LogP contribution in [0.3, 0.4) is 0 Å². The Kier molecular flexibility index (Phi) is 5.02. The number of carbonyl (C=O) groups is 2. The minimum atomic E-state index is -4.02. The van der Waals surface area contributed by atoms with Crippen LogP contribution in [0.15, 0.2) is 30.5 Å². The number of nitrogens with one attached hydrogen (secondary N) is 2. The summed E-state index contributed by atoms with van der Waals surface area (Å²) in [5, 5.41) is 11.3. The van der Waals surface area contributed by atoms with Gasteiger partial charge in [0, 0.05) is 5.02 Å². The van der Waals surface area contributed by atoms with E-state index in [0.29, 0.717) is 10.7 Å². The molecule has 0 radical (unpaired) electrons. The number of carbonyl (C=O) groups excluding carboxylic acids is 1. The molecular formula is C13H12ClN3O5S. The van der Waals surface area contributed by atoms with Gasteiger partial charge in [0.1, 0.15) is 11.5 Å². The van der Waals surface area contributed by atoms with Gasteiger partial charge in [-0.3, -0.25) is 14.9 Å². The third kappa shape index (κ3) is 5.08. The number of halogens is 1. The molecule has 0 aliphatic rings. The Labute approximate surface area is 136 Å². The Balaban J connectivity index is 2.03. The first-order valence-corrected chi connectivity index (χ1v) is 8.48. The minimum Gasteiger partial charge on any atom is -0.480 e. The molecule has 2 aromatic rings. The summed E-state index contributed by atoms with van der Waals surface area (Å²) < 4.78 is 22.8. The molecule has 8 nitrogen and oxygen atoms in total. The lowest BCUT2D eigenvalue weighted by molar-refractivity contribution is -0.134. The van der Waals surface area contributed by atoms with Crippen LogP contribution in [0.5, 0.6) is 0 Å². The number of rotatable bonds is 6. The van der Waals surface area contributed by atoms with Crippen molar-refractivity contribution in [2.75, 3.05) is 16.8 Å². The predicted molar refractivity (Wildman–Crippen MR) is 84.0 cm³/mol. The maximum Gasteiger partial charge on any atom is 0.318 e. The van der Waals surface area contributed by atoms with E-state index in [1.807, 2.05) is 0 Å². The van der Waals surface area contributed by atoms with Gasteiger partial charge in [-0.05, 0) is 17.7 Å². The summed E-state index contributed by atoms with van der Waals surface area (Å²) in [6, 6.07) is 6.88. The number of hydrogen-bond donors (Lipinski definition) is 3. The molecule has 0 saturated carbocycles. The highest BCUT2D eigenvalue weighted by molar-refractivity contribution is 7.92. The van der Waals surface area contributed by atoms with E-state index in [4.69, 9.17) is 16.7 Å². The number of carboxylic acids is 1. The summed E-state index contributed by atoms with van der Waals surface area (Å²) in [6.45, 7) is 0. The summed E-state index contributed by atoms with van der Waals surface area (Å²) in [5.74, 6) is -4.36. The average molecular weight is 358 g/mol. The van der Waals surface area contributed by atoms with Crippen molar-refractivity contribution in [1.29, 1.82) is 0 Å². The van der Waals surface area contributed by atoms with Gasteiger partial charge in [0.25, 0.3) is 0 Å². The number of imidazole rings is 1. The first-order valence-electron chi connectivity index (χ1n) is 6.28. The zero-order valence-corrected chi connectivity index (χ0v) is 13.2. The fourth-order valence-electron chi connectivity index (χ4n) is 1.77. The molecule has 0 atom stereocenters. The standard InChI is InChI=1S/C13H12ClN3O5S/c14-9-3-1-8(2-4-9)10-5-15-13(16-10)17-11(18)6-23(21,22)7-12(19)20/h1-5H,6-7H2,(H,19,20)(H2,15,16,17,18). The van der Waals surface area contributed by atoms with Crippen molar-refractivity contribution in [3.8, 4) is 11.3 Å². The smallest absolute Gasteiger partial charge is 0.318 e. The van der Waals surface area contributed by atoms with Crippen LogP contribution in [0.1, 0.15) is 0 Å². The SMILES string of the molecule is O=C(O)CS(=O)(=O)CC(=O)Nc1ncc(-c2ccc(Cl)cc2)[nH]1. The maximum absolute atomic E-state index is 11.6. The number of carboxylic acid groups (broad SMARTS) is 1. The number of amides is 1. The molecular weight excluding hydrogens is 346 g/mol. The van der Waals surface area contributed by atoms with Crippen molar-refractivity contribution < 1.29 is 23.1 Å². The molecule has 1 amide bonds. The number of aliphatic carboxylic acids is 1. The molecule has 0 spiro atoms. The van der Waals surface area contributed by atoms with Gasteiger partial charge in [0.15, 0.2) is 9.84 Å². The van der Waals surface area contributed by atoms with E-state index in [2.05, 4.69) is 15.3 Å². The lowest BCUT2D eigenvalue weighted by atomic mass is 10.2. The molecule has 1 heterocycles. The van der Waals surface area contributed by atoms with E-state index in [1.54, 1.807) is 24.3 Å². The quantitative estimate of drug-likeness (QED) is 0.711. The number of anilines is 1. The molecule has 0 bridgehead atoms. The highest BCUT2D eigenvalue weighted by atomic mass is 35.5. The van der Waals surface area contributed by atoms with Crippen LogP contribution in [0.25, 0.3) is 11.3 Å². The molecule has 0 aliphatic carbocycles. The van der Waals surface area contributed by atoms with Gasteiger partial charge in [0.2, 0.25) is 11.9 Å². The third-order valence-corrected chi connectivity index (χ3v) is 4.32. The fraction of sp³-hybridized carbons (Fsp3) is 0.154. The summed E-state index contributed by atoms with van der Waals surface area (Å²) in [6.07, 6.45) is 1.46. The molecule has 0 saturated heterocycles. The van der Waals surface area contributed by atoms with Gasteiger partial charge >= 0.3 is 5.97 Å².